The minimum Gasteiger partial charge on any atom is -0.466 e. The van der Waals surface area contributed by atoms with Crippen LogP contribution in [0.15, 0.2) is 0 Å². The van der Waals surface area contributed by atoms with Gasteiger partial charge in [-0.25, -0.2) is 0 Å². The highest BCUT2D eigenvalue weighted by molar-refractivity contribution is 5.69. The zero-order chi connectivity index (χ0) is 13.7. The highest BCUT2D eigenvalue weighted by Crippen LogP contribution is 2.29. The number of aliphatic hydroxyl groups is 3. The van der Waals surface area contributed by atoms with Gasteiger partial charge in [0.05, 0.1) is 25.7 Å². The van der Waals surface area contributed by atoms with Crippen LogP contribution in [-0.4, -0.2) is 66.2 Å². The number of rotatable bonds is 5. The highest BCUT2D eigenvalue weighted by Gasteiger charge is 2.45. The van der Waals surface area contributed by atoms with Gasteiger partial charge in [-0.1, -0.05) is 0 Å². The van der Waals surface area contributed by atoms with E-state index in [0.29, 0.717) is 0 Å². The second-order valence-corrected chi connectivity index (χ2v) is 4.12. The molecule has 1 fully saturated rings. The smallest absolute Gasteiger partial charge is 0.306 e. The minimum absolute atomic E-state index is 0.122. The molecule has 1 rings (SSSR count). The molecule has 0 aromatic rings. The van der Waals surface area contributed by atoms with Crippen molar-refractivity contribution < 1.29 is 34.3 Å². The Labute approximate surface area is 105 Å². The van der Waals surface area contributed by atoms with Crippen molar-refractivity contribution in [3.05, 3.63) is 0 Å². The molecule has 0 bridgehead atoms. The Balaban J connectivity index is 2.71. The van der Waals surface area contributed by atoms with Gasteiger partial charge in [0, 0.05) is 13.0 Å². The molecule has 1 saturated heterocycles. The van der Waals surface area contributed by atoms with Gasteiger partial charge in [0.15, 0.2) is 6.29 Å². The molecular weight excluding hydrogens is 244 g/mol. The van der Waals surface area contributed by atoms with Crippen molar-refractivity contribution in [2.75, 3.05) is 20.3 Å². The summed E-state index contributed by atoms with van der Waals surface area (Å²) in [5, 5.41) is 28.7. The maximum absolute atomic E-state index is 11.4. The van der Waals surface area contributed by atoms with Gasteiger partial charge in [-0.2, -0.15) is 0 Å². The van der Waals surface area contributed by atoms with Crippen molar-refractivity contribution in [1.29, 1.82) is 0 Å². The lowest BCUT2D eigenvalue weighted by Crippen LogP contribution is -2.56. The van der Waals surface area contributed by atoms with Crippen LogP contribution in [-0.2, 0) is 19.0 Å². The number of ether oxygens (including phenoxy) is 3. The largest absolute Gasteiger partial charge is 0.466 e. The third-order valence-electron chi connectivity index (χ3n) is 2.95. The summed E-state index contributed by atoms with van der Waals surface area (Å²) >= 11 is 0. The van der Waals surface area contributed by atoms with Crippen molar-refractivity contribution in [2.45, 2.75) is 37.9 Å². The predicted octanol–water partition coefficient (Wildman–Crippen LogP) is -1.36. The Hall–Kier alpha value is -0.730. The Morgan fingerprint density at radius 1 is 1.33 bits per heavy atom. The van der Waals surface area contributed by atoms with Crippen LogP contribution in [0.3, 0.4) is 0 Å². The van der Waals surface area contributed by atoms with Gasteiger partial charge in [-0.3, -0.25) is 4.79 Å². The first-order valence-corrected chi connectivity index (χ1v) is 5.86. The van der Waals surface area contributed by atoms with Crippen molar-refractivity contribution in [2.24, 2.45) is 5.92 Å². The molecular formula is C11H20O7. The van der Waals surface area contributed by atoms with Gasteiger partial charge in [-0.15, -0.1) is 0 Å². The molecule has 1 aliphatic heterocycles. The number of esters is 1. The second-order valence-electron chi connectivity index (χ2n) is 4.12. The Morgan fingerprint density at radius 2 is 2.00 bits per heavy atom. The summed E-state index contributed by atoms with van der Waals surface area (Å²) in [6, 6.07) is 0. The first kappa shape index (κ1) is 15.3. The fraction of sp³-hybridized carbons (Fsp3) is 0.909. The van der Waals surface area contributed by atoms with E-state index in [9.17, 15) is 15.0 Å². The van der Waals surface area contributed by atoms with Crippen LogP contribution in [0.25, 0.3) is 0 Å². The van der Waals surface area contributed by atoms with E-state index in [-0.39, 0.29) is 13.0 Å². The van der Waals surface area contributed by atoms with E-state index in [2.05, 4.69) is 0 Å². The molecule has 0 amide bonds. The molecule has 5 atom stereocenters. The summed E-state index contributed by atoms with van der Waals surface area (Å²) in [4.78, 5) is 11.4. The average molecular weight is 264 g/mol. The van der Waals surface area contributed by atoms with Gasteiger partial charge in [0.2, 0.25) is 0 Å². The number of carbonyl (C=O) groups is 1. The Bertz CT molecular complexity index is 268. The molecule has 1 aliphatic rings. The summed E-state index contributed by atoms with van der Waals surface area (Å²) in [5.74, 6) is -1.23. The van der Waals surface area contributed by atoms with Gasteiger partial charge in [0.25, 0.3) is 0 Å². The zero-order valence-electron chi connectivity index (χ0n) is 10.5. The third kappa shape index (κ3) is 3.39. The van der Waals surface area contributed by atoms with E-state index in [0.717, 1.165) is 0 Å². The molecule has 106 valence electrons. The zero-order valence-corrected chi connectivity index (χ0v) is 10.5. The van der Waals surface area contributed by atoms with Gasteiger partial charge >= 0.3 is 5.97 Å². The fourth-order valence-electron chi connectivity index (χ4n) is 2.00. The fourth-order valence-corrected chi connectivity index (χ4v) is 2.00. The molecule has 3 N–H and O–H groups in total. The van der Waals surface area contributed by atoms with Crippen LogP contribution in [0.2, 0.25) is 0 Å². The SMILES string of the molecule is CCOC(=O)C[C@@H]1[C@@H](OC)O[C@H](CO)[C@@H](O)[C@H]1O. The highest BCUT2D eigenvalue weighted by atomic mass is 16.7. The summed E-state index contributed by atoms with van der Waals surface area (Å²) in [7, 11) is 1.36. The van der Waals surface area contributed by atoms with Gasteiger partial charge < -0.3 is 29.5 Å². The van der Waals surface area contributed by atoms with Crippen molar-refractivity contribution >= 4 is 5.97 Å². The van der Waals surface area contributed by atoms with E-state index in [1.807, 2.05) is 0 Å². The summed E-state index contributed by atoms with van der Waals surface area (Å²) in [5.41, 5.74) is 0. The molecule has 0 spiro atoms. The normalized spacial score (nSPS) is 36.4. The minimum atomic E-state index is -1.26. The molecule has 0 unspecified atom stereocenters. The average Bonchev–Trinajstić information content (AvgIpc) is 2.36. The summed E-state index contributed by atoms with van der Waals surface area (Å²) in [6.07, 6.45) is -4.40. The lowest BCUT2D eigenvalue weighted by atomic mass is 9.88. The molecule has 7 heteroatoms. The number of carbonyl (C=O) groups excluding carboxylic acids is 1. The Morgan fingerprint density at radius 3 is 2.50 bits per heavy atom. The standard InChI is InChI=1S/C11H20O7/c1-3-17-8(13)4-6-9(14)10(15)7(5-12)18-11(6)16-2/h6-7,9-12,14-15H,3-5H2,1-2H3/t6-,7+,9-,10+,11-/m0/s1. The van der Waals surface area contributed by atoms with Gasteiger partial charge in [0.1, 0.15) is 12.2 Å². The van der Waals surface area contributed by atoms with Crippen LogP contribution in [0.4, 0.5) is 0 Å². The molecule has 0 aromatic heterocycles. The topological polar surface area (TPSA) is 105 Å². The third-order valence-corrected chi connectivity index (χ3v) is 2.95. The van der Waals surface area contributed by atoms with Crippen molar-refractivity contribution in [3.63, 3.8) is 0 Å². The number of methoxy groups -OCH3 is 1. The van der Waals surface area contributed by atoms with Crippen LogP contribution >= 0.6 is 0 Å². The lowest BCUT2D eigenvalue weighted by Gasteiger charge is -2.41. The molecule has 18 heavy (non-hydrogen) atoms. The summed E-state index contributed by atoms with van der Waals surface area (Å²) < 4.78 is 15.1. The molecule has 1 heterocycles. The van der Waals surface area contributed by atoms with Crippen LogP contribution in [0, 0.1) is 5.92 Å². The molecule has 0 radical (unpaired) electrons. The molecule has 7 nitrogen and oxygen atoms in total. The monoisotopic (exact) mass is 264 g/mol. The summed E-state index contributed by atoms with van der Waals surface area (Å²) in [6.45, 7) is 1.47. The Kier molecular flexibility index (Phi) is 5.97. The quantitative estimate of drug-likeness (QED) is 0.527. The van der Waals surface area contributed by atoms with E-state index in [1.54, 1.807) is 6.92 Å². The van der Waals surface area contributed by atoms with Crippen molar-refractivity contribution in [3.8, 4) is 0 Å². The van der Waals surface area contributed by atoms with Crippen LogP contribution in [0.1, 0.15) is 13.3 Å². The van der Waals surface area contributed by atoms with Gasteiger partial charge in [-0.05, 0) is 6.92 Å². The number of hydrogen-bond donors (Lipinski definition) is 3. The first-order valence-electron chi connectivity index (χ1n) is 5.86. The van der Waals surface area contributed by atoms with E-state index in [1.165, 1.54) is 7.11 Å². The van der Waals surface area contributed by atoms with E-state index >= 15 is 0 Å². The van der Waals surface area contributed by atoms with Crippen LogP contribution < -0.4 is 0 Å². The lowest BCUT2D eigenvalue weighted by molar-refractivity contribution is -0.279. The van der Waals surface area contributed by atoms with Crippen molar-refractivity contribution in [1.82, 2.24) is 0 Å². The molecule has 0 aliphatic carbocycles. The molecule has 0 aromatic carbocycles. The maximum Gasteiger partial charge on any atom is 0.306 e. The molecule has 0 saturated carbocycles. The first-order chi connectivity index (χ1) is 8.54. The van der Waals surface area contributed by atoms with E-state index in [4.69, 9.17) is 19.3 Å². The van der Waals surface area contributed by atoms with Crippen LogP contribution in [0.5, 0.6) is 0 Å². The van der Waals surface area contributed by atoms with E-state index < -0.39 is 43.1 Å². The number of hydrogen-bond acceptors (Lipinski definition) is 7. The maximum atomic E-state index is 11.4. The second kappa shape index (κ2) is 7.01. The number of aliphatic hydroxyl groups excluding tert-OH is 3. The predicted molar refractivity (Wildman–Crippen MR) is 59.5 cm³/mol.